The molecule has 0 bridgehead atoms. The van der Waals surface area contributed by atoms with E-state index in [1.807, 2.05) is 0 Å². The van der Waals surface area contributed by atoms with Crippen molar-refractivity contribution in [3.8, 4) is 0 Å². The van der Waals surface area contributed by atoms with Crippen molar-refractivity contribution in [2.24, 2.45) is 23.5 Å². The summed E-state index contributed by atoms with van der Waals surface area (Å²) < 4.78 is 5.11. The third kappa shape index (κ3) is 1.03. The summed E-state index contributed by atoms with van der Waals surface area (Å²) in [6.45, 7) is 4.73. The van der Waals surface area contributed by atoms with Gasteiger partial charge in [0.25, 0.3) is 0 Å². The van der Waals surface area contributed by atoms with Crippen molar-refractivity contribution >= 4 is 5.97 Å². The molecule has 3 heteroatoms. The molecule has 74 valence electrons. The summed E-state index contributed by atoms with van der Waals surface area (Å²) in [5, 5.41) is 0. The van der Waals surface area contributed by atoms with E-state index < -0.39 is 5.54 Å². The minimum absolute atomic E-state index is 0.180. The third-order valence-corrected chi connectivity index (χ3v) is 3.86. The van der Waals surface area contributed by atoms with Crippen LogP contribution >= 0.6 is 0 Å². The highest BCUT2D eigenvalue weighted by atomic mass is 16.5. The second-order valence-corrected chi connectivity index (χ2v) is 4.59. The summed E-state index contributed by atoms with van der Waals surface area (Å²) in [6, 6.07) is 0. The molecule has 0 spiro atoms. The molecule has 0 aromatic heterocycles. The lowest BCUT2D eigenvalue weighted by atomic mass is 9.74. The Kier molecular flexibility index (Phi) is 1.88. The molecule has 0 aromatic carbocycles. The Morgan fingerprint density at radius 1 is 1.46 bits per heavy atom. The molecule has 1 aliphatic carbocycles. The van der Waals surface area contributed by atoms with Crippen molar-refractivity contribution in [1.29, 1.82) is 0 Å². The second kappa shape index (κ2) is 2.71. The smallest absolute Gasteiger partial charge is 0.326 e. The average molecular weight is 183 g/mol. The van der Waals surface area contributed by atoms with E-state index in [2.05, 4.69) is 13.8 Å². The minimum atomic E-state index is -0.683. The number of ether oxygens (including phenoxy) is 1. The Morgan fingerprint density at radius 3 is 2.77 bits per heavy atom. The Morgan fingerprint density at radius 2 is 2.15 bits per heavy atom. The maximum absolute atomic E-state index is 11.6. The lowest BCUT2D eigenvalue weighted by molar-refractivity contribution is -0.163. The van der Waals surface area contributed by atoms with Crippen molar-refractivity contribution in [2.45, 2.75) is 32.2 Å². The number of rotatable bonds is 0. The maximum Gasteiger partial charge on any atom is 0.326 e. The normalized spacial score (nSPS) is 50.1. The van der Waals surface area contributed by atoms with Crippen LogP contribution in [0.3, 0.4) is 0 Å². The van der Waals surface area contributed by atoms with Crippen LogP contribution in [0.1, 0.15) is 26.7 Å². The highest BCUT2D eigenvalue weighted by Gasteiger charge is 2.56. The van der Waals surface area contributed by atoms with Crippen LogP contribution < -0.4 is 5.73 Å². The van der Waals surface area contributed by atoms with E-state index in [0.29, 0.717) is 18.4 Å². The van der Waals surface area contributed by atoms with Gasteiger partial charge in [-0.3, -0.25) is 4.79 Å². The van der Waals surface area contributed by atoms with Crippen LogP contribution in [0.4, 0.5) is 0 Å². The van der Waals surface area contributed by atoms with Gasteiger partial charge in [0.15, 0.2) is 0 Å². The van der Waals surface area contributed by atoms with E-state index in [1.165, 1.54) is 0 Å². The summed E-state index contributed by atoms with van der Waals surface area (Å²) in [5.74, 6) is 0.852. The quantitative estimate of drug-likeness (QED) is 0.568. The summed E-state index contributed by atoms with van der Waals surface area (Å²) >= 11 is 0. The van der Waals surface area contributed by atoms with Crippen LogP contribution in [0.5, 0.6) is 0 Å². The molecule has 1 aliphatic heterocycles. The SMILES string of the molecule is C[C@H]1COC(=O)[C@@]2(N)[C@@H]1CC[C@@H]2C. The van der Waals surface area contributed by atoms with E-state index in [-0.39, 0.29) is 11.9 Å². The molecule has 13 heavy (non-hydrogen) atoms. The fraction of sp³-hybridized carbons (Fsp3) is 0.900. The third-order valence-electron chi connectivity index (χ3n) is 3.86. The Labute approximate surface area is 78.6 Å². The van der Waals surface area contributed by atoms with Crippen LogP contribution in [0.15, 0.2) is 0 Å². The van der Waals surface area contributed by atoms with Gasteiger partial charge in [-0.25, -0.2) is 0 Å². The van der Waals surface area contributed by atoms with E-state index in [1.54, 1.807) is 0 Å². The molecular weight excluding hydrogens is 166 g/mol. The number of nitrogens with two attached hydrogens (primary N) is 1. The first kappa shape index (κ1) is 9.00. The van der Waals surface area contributed by atoms with Gasteiger partial charge in [0.2, 0.25) is 0 Å². The topological polar surface area (TPSA) is 52.3 Å². The lowest BCUT2D eigenvalue weighted by Gasteiger charge is -2.40. The van der Waals surface area contributed by atoms with Crippen LogP contribution in [0, 0.1) is 17.8 Å². The van der Waals surface area contributed by atoms with Gasteiger partial charge in [0.05, 0.1) is 6.61 Å². The van der Waals surface area contributed by atoms with E-state index in [0.717, 1.165) is 12.8 Å². The predicted octanol–water partition coefficient (Wildman–Crippen LogP) is 0.923. The minimum Gasteiger partial charge on any atom is -0.464 e. The van der Waals surface area contributed by atoms with E-state index >= 15 is 0 Å². The van der Waals surface area contributed by atoms with Crippen LogP contribution in [0.2, 0.25) is 0 Å². The van der Waals surface area contributed by atoms with Crippen LogP contribution in [-0.2, 0) is 9.53 Å². The van der Waals surface area contributed by atoms with E-state index in [9.17, 15) is 4.79 Å². The molecule has 0 unspecified atom stereocenters. The first-order chi connectivity index (χ1) is 6.06. The van der Waals surface area contributed by atoms with Crippen molar-refractivity contribution in [3.63, 3.8) is 0 Å². The molecule has 2 rings (SSSR count). The van der Waals surface area contributed by atoms with Crippen molar-refractivity contribution in [2.75, 3.05) is 6.61 Å². The summed E-state index contributed by atoms with van der Waals surface area (Å²) in [5.41, 5.74) is 5.48. The monoisotopic (exact) mass is 183 g/mol. The van der Waals surface area contributed by atoms with Crippen LogP contribution in [0.25, 0.3) is 0 Å². The van der Waals surface area contributed by atoms with Gasteiger partial charge in [-0.05, 0) is 30.6 Å². The zero-order valence-electron chi connectivity index (χ0n) is 8.25. The highest BCUT2D eigenvalue weighted by molar-refractivity contribution is 5.82. The molecule has 0 amide bonds. The summed E-state index contributed by atoms with van der Waals surface area (Å²) in [6.07, 6.45) is 2.13. The molecule has 2 aliphatic rings. The Balaban J connectivity index is 2.33. The predicted molar refractivity (Wildman–Crippen MR) is 48.9 cm³/mol. The highest BCUT2D eigenvalue weighted by Crippen LogP contribution is 2.45. The first-order valence-electron chi connectivity index (χ1n) is 5.03. The zero-order chi connectivity index (χ0) is 9.64. The van der Waals surface area contributed by atoms with Crippen molar-refractivity contribution in [1.82, 2.24) is 0 Å². The number of fused-ring (bicyclic) bond motifs is 1. The molecule has 4 atom stereocenters. The fourth-order valence-electron chi connectivity index (χ4n) is 2.83. The number of cyclic esters (lactones) is 1. The molecule has 1 heterocycles. The average Bonchev–Trinajstić information content (AvgIpc) is 2.39. The van der Waals surface area contributed by atoms with Gasteiger partial charge >= 0.3 is 5.97 Å². The summed E-state index contributed by atoms with van der Waals surface area (Å²) in [7, 11) is 0. The standard InChI is InChI=1S/C10H17NO2/c1-6-5-13-9(12)10(11)7(2)3-4-8(6)10/h6-8H,3-5,11H2,1-2H3/t6-,7-,8+,10-/m0/s1. The fourth-order valence-corrected chi connectivity index (χ4v) is 2.83. The molecule has 1 saturated heterocycles. The molecule has 2 fully saturated rings. The van der Waals surface area contributed by atoms with Crippen molar-refractivity contribution < 1.29 is 9.53 Å². The number of carbonyl (C=O) groups excluding carboxylic acids is 1. The molecular formula is C10H17NO2. The molecule has 0 aromatic rings. The lowest BCUT2D eigenvalue weighted by Crippen LogP contribution is -2.60. The van der Waals surface area contributed by atoms with Gasteiger partial charge in [-0.15, -0.1) is 0 Å². The first-order valence-corrected chi connectivity index (χ1v) is 5.03. The molecule has 0 radical (unpaired) electrons. The zero-order valence-corrected chi connectivity index (χ0v) is 8.25. The van der Waals surface area contributed by atoms with Crippen molar-refractivity contribution in [3.05, 3.63) is 0 Å². The molecule has 3 nitrogen and oxygen atoms in total. The number of hydrogen-bond acceptors (Lipinski definition) is 3. The van der Waals surface area contributed by atoms with Gasteiger partial charge < -0.3 is 10.5 Å². The summed E-state index contributed by atoms with van der Waals surface area (Å²) in [4.78, 5) is 11.6. The van der Waals surface area contributed by atoms with Gasteiger partial charge in [0.1, 0.15) is 5.54 Å². The van der Waals surface area contributed by atoms with Gasteiger partial charge in [-0.1, -0.05) is 13.8 Å². The van der Waals surface area contributed by atoms with Crippen LogP contribution in [-0.4, -0.2) is 18.1 Å². The Hall–Kier alpha value is -0.570. The van der Waals surface area contributed by atoms with Gasteiger partial charge in [0, 0.05) is 0 Å². The number of carbonyl (C=O) groups is 1. The number of hydrogen-bond donors (Lipinski definition) is 1. The largest absolute Gasteiger partial charge is 0.464 e. The molecule has 1 saturated carbocycles. The molecule has 2 N–H and O–H groups in total. The second-order valence-electron chi connectivity index (χ2n) is 4.59. The maximum atomic E-state index is 11.6. The van der Waals surface area contributed by atoms with Gasteiger partial charge in [-0.2, -0.15) is 0 Å². The number of esters is 1. The Bertz CT molecular complexity index is 241. The van der Waals surface area contributed by atoms with E-state index in [4.69, 9.17) is 10.5 Å².